The Bertz CT molecular complexity index is 78.4. The molecule has 1 heteroatoms. The summed E-state index contributed by atoms with van der Waals surface area (Å²) in [6.07, 6.45) is 6.95. The lowest BCUT2D eigenvalue weighted by Crippen LogP contribution is -2.25. The Morgan fingerprint density at radius 1 is 1.50 bits per heavy atom. The van der Waals surface area contributed by atoms with Crippen LogP contribution in [0, 0.1) is 0 Å². The smallest absolute Gasteiger partial charge is 0.0136 e. The van der Waals surface area contributed by atoms with Crippen LogP contribution in [0.2, 0.25) is 0 Å². The van der Waals surface area contributed by atoms with Crippen LogP contribution in [-0.4, -0.2) is 12.6 Å². The van der Waals surface area contributed by atoms with E-state index in [0.29, 0.717) is 0 Å². The molecule has 1 nitrogen and oxygen atoms in total. The van der Waals surface area contributed by atoms with Gasteiger partial charge in [0, 0.05) is 6.04 Å². The van der Waals surface area contributed by atoms with E-state index in [2.05, 4.69) is 24.4 Å². The van der Waals surface area contributed by atoms with Gasteiger partial charge >= 0.3 is 0 Å². The van der Waals surface area contributed by atoms with Crippen LogP contribution in [0.15, 0.2) is 12.2 Å². The highest BCUT2D eigenvalue weighted by atomic mass is 14.9. The van der Waals surface area contributed by atoms with E-state index in [1.165, 1.54) is 12.8 Å². The number of rotatable bonds is 2. The molecule has 0 aliphatic heterocycles. The third-order valence-electron chi connectivity index (χ3n) is 1.50. The van der Waals surface area contributed by atoms with Crippen molar-refractivity contribution in [3.8, 4) is 0 Å². The van der Waals surface area contributed by atoms with Gasteiger partial charge in [0.05, 0.1) is 0 Å². The summed E-state index contributed by atoms with van der Waals surface area (Å²) in [5.74, 6) is 0. The lowest BCUT2D eigenvalue weighted by Gasteiger charge is -2.07. The third kappa shape index (κ3) is 1.34. The second-order valence-corrected chi connectivity index (χ2v) is 2.20. The van der Waals surface area contributed by atoms with Crippen molar-refractivity contribution in [1.29, 1.82) is 0 Å². The van der Waals surface area contributed by atoms with E-state index < -0.39 is 0 Å². The zero-order chi connectivity index (χ0) is 5.82. The van der Waals surface area contributed by atoms with Crippen LogP contribution in [0.5, 0.6) is 0 Å². The molecule has 0 amide bonds. The zero-order valence-electron chi connectivity index (χ0n) is 5.35. The van der Waals surface area contributed by atoms with Gasteiger partial charge in [0.1, 0.15) is 0 Å². The van der Waals surface area contributed by atoms with Gasteiger partial charge in [0.2, 0.25) is 0 Å². The zero-order valence-corrected chi connectivity index (χ0v) is 5.35. The maximum atomic E-state index is 3.38. The molecule has 0 aromatic carbocycles. The maximum Gasteiger partial charge on any atom is 0.0136 e. The molecule has 0 fully saturated rings. The van der Waals surface area contributed by atoms with E-state index in [1.807, 2.05) is 0 Å². The van der Waals surface area contributed by atoms with Gasteiger partial charge in [-0.1, -0.05) is 19.1 Å². The Morgan fingerprint density at radius 3 is 2.62 bits per heavy atom. The van der Waals surface area contributed by atoms with Crippen LogP contribution in [0.4, 0.5) is 0 Å². The van der Waals surface area contributed by atoms with E-state index >= 15 is 0 Å². The van der Waals surface area contributed by atoms with Gasteiger partial charge in [-0.05, 0) is 19.4 Å². The fraction of sp³-hybridized carbons (Fsp3) is 0.714. The molecule has 0 bridgehead atoms. The highest BCUT2D eigenvalue weighted by molar-refractivity contribution is 4.97. The predicted molar refractivity (Wildman–Crippen MR) is 35.8 cm³/mol. The largest absolute Gasteiger partial charge is 0.314 e. The minimum Gasteiger partial charge on any atom is -0.314 e. The molecule has 0 aromatic heterocycles. The van der Waals surface area contributed by atoms with Crippen LogP contribution in [0.1, 0.15) is 19.8 Å². The highest BCUT2D eigenvalue weighted by Crippen LogP contribution is 2.07. The third-order valence-corrected chi connectivity index (χ3v) is 1.50. The maximum absolute atomic E-state index is 3.38. The fourth-order valence-electron chi connectivity index (χ4n) is 1.07. The highest BCUT2D eigenvalue weighted by Gasteiger charge is 2.05. The summed E-state index contributed by atoms with van der Waals surface area (Å²) < 4.78 is 0. The van der Waals surface area contributed by atoms with Crippen molar-refractivity contribution in [2.24, 2.45) is 0 Å². The molecule has 0 saturated carbocycles. The van der Waals surface area contributed by atoms with Gasteiger partial charge in [0.15, 0.2) is 0 Å². The molecule has 0 atom stereocenters. The van der Waals surface area contributed by atoms with Crippen molar-refractivity contribution in [2.45, 2.75) is 25.8 Å². The lowest BCUT2D eigenvalue weighted by molar-refractivity contribution is 0.558. The molecular weight excluding hydrogens is 98.1 g/mol. The molecule has 1 aliphatic carbocycles. The molecule has 0 saturated heterocycles. The molecule has 0 spiro atoms. The molecule has 0 heterocycles. The van der Waals surface area contributed by atoms with Crippen molar-refractivity contribution in [2.75, 3.05) is 6.54 Å². The Kier molecular flexibility index (Phi) is 2.10. The van der Waals surface area contributed by atoms with Crippen LogP contribution in [0.25, 0.3) is 0 Å². The minimum absolute atomic E-state index is 0.750. The summed E-state index contributed by atoms with van der Waals surface area (Å²) in [7, 11) is 0. The molecule has 1 aliphatic rings. The summed E-state index contributed by atoms with van der Waals surface area (Å²) >= 11 is 0. The first-order valence-corrected chi connectivity index (χ1v) is 3.32. The molecule has 46 valence electrons. The van der Waals surface area contributed by atoms with Gasteiger partial charge in [-0.2, -0.15) is 0 Å². The average molecular weight is 111 g/mol. The summed E-state index contributed by atoms with van der Waals surface area (Å²) in [6.45, 7) is 3.25. The first-order chi connectivity index (χ1) is 3.93. The molecule has 8 heavy (non-hydrogen) atoms. The first-order valence-electron chi connectivity index (χ1n) is 3.32. The van der Waals surface area contributed by atoms with Crippen molar-refractivity contribution in [3.05, 3.63) is 12.2 Å². The lowest BCUT2D eigenvalue weighted by atomic mass is 10.2. The summed E-state index contributed by atoms with van der Waals surface area (Å²) in [6, 6.07) is 0.750. The van der Waals surface area contributed by atoms with Crippen molar-refractivity contribution in [1.82, 2.24) is 5.32 Å². The Morgan fingerprint density at radius 2 is 2.12 bits per heavy atom. The van der Waals surface area contributed by atoms with E-state index in [1.54, 1.807) is 0 Å². The number of hydrogen-bond donors (Lipinski definition) is 1. The Hall–Kier alpha value is -0.300. The number of hydrogen-bond acceptors (Lipinski definition) is 1. The summed E-state index contributed by atoms with van der Waals surface area (Å²) in [5.41, 5.74) is 0. The van der Waals surface area contributed by atoms with E-state index in [4.69, 9.17) is 0 Å². The topological polar surface area (TPSA) is 12.0 Å². The van der Waals surface area contributed by atoms with Crippen LogP contribution in [0.3, 0.4) is 0 Å². The van der Waals surface area contributed by atoms with Crippen LogP contribution >= 0.6 is 0 Å². The minimum atomic E-state index is 0.750. The van der Waals surface area contributed by atoms with E-state index in [-0.39, 0.29) is 0 Å². The van der Waals surface area contributed by atoms with Crippen molar-refractivity contribution in [3.63, 3.8) is 0 Å². The van der Waals surface area contributed by atoms with Crippen LogP contribution in [-0.2, 0) is 0 Å². The van der Waals surface area contributed by atoms with Crippen LogP contribution < -0.4 is 5.32 Å². The van der Waals surface area contributed by atoms with E-state index in [9.17, 15) is 0 Å². The van der Waals surface area contributed by atoms with Gasteiger partial charge < -0.3 is 5.32 Å². The van der Waals surface area contributed by atoms with Gasteiger partial charge in [0.25, 0.3) is 0 Å². The number of nitrogens with one attached hydrogen (secondary N) is 1. The average Bonchev–Trinajstić information content (AvgIpc) is 2.19. The molecule has 1 N–H and O–H groups in total. The fourth-order valence-corrected chi connectivity index (χ4v) is 1.07. The first kappa shape index (κ1) is 5.83. The Balaban J connectivity index is 2.10. The van der Waals surface area contributed by atoms with Gasteiger partial charge in [-0.25, -0.2) is 0 Å². The normalized spacial score (nSPS) is 20.1. The predicted octanol–water partition coefficient (Wildman–Crippen LogP) is 1.31. The monoisotopic (exact) mass is 111 g/mol. The second-order valence-electron chi connectivity index (χ2n) is 2.20. The standard InChI is InChI=1S/C7H13N/c1-2-8-7-5-3-4-6-7/h3-4,7-8H,2,5-6H2,1H3. The van der Waals surface area contributed by atoms with E-state index in [0.717, 1.165) is 12.6 Å². The van der Waals surface area contributed by atoms with Crippen molar-refractivity contribution >= 4 is 0 Å². The molecule has 1 rings (SSSR count). The molecular formula is C7H13N. The second kappa shape index (κ2) is 2.88. The summed E-state index contributed by atoms with van der Waals surface area (Å²) in [5, 5.41) is 3.38. The van der Waals surface area contributed by atoms with Crippen molar-refractivity contribution < 1.29 is 0 Å². The quantitative estimate of drug-likeness (QED) is 0.530. The SMILES string of the molecule is CCNC1CC=CC1. The summed E-state index contributed by atoms with van der Waals surface area (Å²) in [4.78, 5) is 0. The van der Waals surface area contributed by atoms with Gasteiger partial charge in [-0.3, -0.25) is 0 Å². The molecule has 0 aromatic rings. The molecule has 0 radical (unpaired) electrons. The molecule has 0 unspecified atom stereocenters. The Labute approximate surface area is 50.8 Å². The van der Waals surface area contributed by atoms with Gasteiger partial charge in [-0.15, -0.1) is 0 Å².